The predicted octanol–water partition coefficient (Wildman–Crippen LogP) is 2.16. The van der Waals surface area contributed by atoms with Crippen LogP contribution in [0.25, 0.3) is 0 Å². The molecule has 0 amide bonds. The van der Waals surface area contributed by atoms with Gasteiger partial charge in [0, 0.05) is 18.9 Å². The lowest BCUT2D eigenvalue weighted by Crippen LogP contribution is -2.42. The van der Waals surface area contributed by atoms with Gasteiger partial charge in [0.15, 0.2) is 0 Å². The Bertz CT molecular complexity index is 138. The van der Waals surface area contributed by atoms with E-state index in [-0.39, 0.29) is 24.3 Å². The fourth-order valence-electron chi connectivity index (χ4n) is 2.01. The highest BCUT2D eigenvalue weighted by molar-refractivity contribution is 4.90. The van der Waals surface area contributed by atoms with Gasteiger partial charge in [-0.1, -0.05) is 13.8 Å². The average molecular weight is 163 g/mol. The van der Waals surface area contributed by atoms with E-state index < -0.39 is 5.92 Å². The SMILES string of the molecule is CC1(C)CC(N)CC(F)(F)C1. The van der Waals surface area contributed by atoms with Gasteiger partial charge in [0.1, 0.15) is 0 Å². The van der Waals surface area contributed by atoms with Gasteiger partial charge in [0.25, 0.3) is 0 Å². The number of halogens is 2. The molecule has 0 bridgehead atoms. The third-order valence-corrected chi connectivity index (χ3v) is 2.11. The van der Waals surface area contributed by atoms with Crippen LogP contribution in [0.1, 0.15) is 33.1 Å². The molecule has 1 fully saturated rings. The number of hydrogen-bond acceptors (Lipinski definition) is 1. The first-order valence-corrected chi connectivity index (χ1v) is 3.94. The molecule has 1 saturated carbocycles. The molecule has 0 spiro atoms. The molecular formula is C8H15F2N. The highest BCUT2D eigenvalue weighted by Crippen LogP contribution is 2.43. The third-order valence-electron chi connectivity index (χ3n) is 2.11. The van der Waals surface area contributed by atoms with E-state index in [1.807, 2.05) is 13.8 Å². The quantitative estimate of drug-likeness (QED) is 0.581. The molecule has 0 aromatic rings. The summed E-state index contributed by atoms with van der Waals surface area (Å²) in [5, 5.41) is 0. The van der Waals surface area contributed by atoms with Crippen LogP contribution in [0.2, 0.25) is 0 Å². The molecule has 0 aromatic heterocycles. The lowest BCUT2D eigenvalue weighted by molar-refractivity contribution is -0.0792. The molecule has 0 saturated heterocycles. The highest BCUT2D eigenvalue weighted by Gasteiger charge is 2.43. The zero-order valence-electron chi connectivity index (χ0n) is 7.03. The molecule has 2 N–H and O–H groups in total. The summed E-state index contributed by atoms with van der Waals surface area (Å²) >= 11 is 0. The maximum Gasteiger partial charge on any atom is 0.250 e. The summed E-state index contributed by atoms with van der Waals surface area (Å²) in [6.07, 6.45) is 0.548. The van der Waals surface area contributed by atoms with Crippen molar-refractivity contribution in [2.24, 2.45) is 11.1 Å². The summed E-state index contributed by atoms with van der Waals surface area (Å²) in [5.74, 6) is -2.54. The largest absolute Gasteiger partial charge is 0.327 e. The summed E-state index contributed by atoms with van der Waals surface area (Å²) < 4.78 is 25.7. The molecule has 0 heterocycles. The molecule has 1 atom stereocenters. The van der Waals surface area contributed by atoms with Crippen LogP contribution in [0.3, 0.4) is 0 Å². The minimum absolute atomic E-state index is 0.0201. The van der Waals surface area contributed by atoms with E-state index in [9.17, 15) is 8.78 Å². The third kappa shape index (κ3) is 2.40. The number of rotatable bonds is 0. The van der Waals surface area contributed by atoms with Crippen molar-refractivity contribution in [2.45, 2.75) is 45.1 Å². The Balaban J connectivity index is 2.66. The Hall–Kier alpha value is -0.180. The van der Waals surface area contributed by atoms with Gasteiger partial charge < -0.3 is 5.73 Å². The molecule has 1 aliphatic carbocycles. The van der Waals surface area contributed by atoms with Crippen molar-refractivity contribution in [3.63, 3.8) is 0 Å². The van der Waals surface area contributed by atoms with Gasteiger partial charge in [-0.15, -0.1) is 0 Å². The number of nitrogens with two attached hydrogens (primary N) is 1. The van der Waals surface area contributed by atoms with Crippen LogP contribution >= 0.6 is 0 Å². The van der Waals surface area contributed by atoms with Gasteiger partial charge in [-0.05, 0) is 11.8 Å². The van der Waals surface area contributed by atoms with Crippen molar-refractivity contribution < 1.29 is 8.78 Å². The van der Waals surface area contributed by atoms with Crippen LogP contribution in [0.4, 0.5) is 8.78 Å². The van der Waals surface area contributed by atoms with E-state index in [4.69, 9.17) is 5.73 Å². The summed E-state index contributed by atoms with van der Waals surface area (Å²) in [4.78, 5) is 0. The Morgan fingerprint density at radius 2 is 1.82 bits per heavy atom. The van der Waals surface area contributed by atoms with Gasteiger partial charge in [0.05, 0.1) is 0 Å². The summed E-state index contributed by atoms with van der Waals surface area (Å²) in [6.45, 7) is 3.69. The second kappa shape index (κ2) is 2.41. The maximum atomic E-state index is 12.9. The molecule has 1 aliphatic rings. The first-order valence-electron chi connectivity index (χ1n) is 3.94. The van der Waals surface area contributed by atoms with E-state index in [0.717, 1.165) is 0 Å². The molecule has 1 rings (SSSR count). The minimum Gasteiger partial charge on any atom is -0.327 e. The summed E-state index contributed by atoms with van der Waals surface area (Å²) in [5.41, 5.74) is 5.22. The standard InChI is InChI=1S/C8H15F2N/c1-7(2)3-6(11)4-8(9,10)5-7/h6H,3-5,11H2,1-2H3. The van der Waals surface area contributed by atoms with E-state index in [1.165, 1.54) is 0 Å². The monoisotopic (exact) mass is 163 g/mol. The summed E-state index contributed by atoms with van der Waals surface area (Å²) in [6, 6.07) is -0.325. The van der Waals surface area contributed by atoms with Crippen molar-refractivity contribution in [3.8, 4) is 0 Å². The molecule has 0 aliphatic heterocycles. The molecule has 1 unspecified atom stereocenters. The van der Waals surface area contributed by atoms with E-state index in [2.05, 4.69) is 0 Å². The normalized spacial score (nSPS) is 35.2. The smallest absolute Gasteiger partial charge is 0.250 e. The van der Waals surface area contributed by atoms with Gasteiger partial charge in [-0.3, -0.25) is 0 Å². The fraction of sp³-hybridized carbons (Fsp3) is 1.00. The van der Waals surface area contributed by atoms with Crippen LogP contribution in [0.5, 0.6) is 0 Å². The Morgan fingerprint density at radius 1 is 1.27 bits per heavy atom. The average Bonchev–Trinajstić information content (AvgIpc) is 1.49. The Kier molecular flexibility index (Phi) is 1.95. The summed E-state index contributed by atoms with van der Waals surface area (Å²) in [7, 11) is 0. The zero-order valence-corrected chi connectivity index (χ0v) is 7.03. The molecule has 11 heavy (non-hydrogen) atoms. The van der Waals surface area contributed by atoms with Gasteiger partial charge in [-0.2, -0.15) is 0 Å². The molecule has 1 nitrogen and oxygen atoms in total. The molecule has 66 valence electrons. The van der Waals surface area contributed by atoms with Crippen molar-refractivity contribution in [2.75, 3.05) is 0 Å². The Morgan fingerprint density at radius 3 is 2.18 bits per heavy atom. The van der Waals surface area contributed by atoms with E-state index >= 15 is 0 Å². The van der Waals surface area contributed by atoms with Crippen LogP contribution in [0.15, 0.2) is 0 Å². The maximum absolute atomic E-state index is 12.9. The molecular weight excluding hydrogens is 148 g/mol. The first kappa shape index (κ1) is 8.91. The van der Waals surface area contributed by atoms with Gasteiger partial charge >= 0.3 is 0 Å². The predicted molar refractivity (Wildman–Crippen MR) is 40.6 cm³/mol. The fourth-order valence-corrected chi connectivity index (χ4v) is 2.01. The zero-order chi connectivity index (χ0) is 8.70. The van der Waals surface area contributed by atoms with Crippen molar-refractivity contribution in [3.05, 3.63) is 0 Å². The molecule has 0 radical (unpaired) electrons. The van der Waals surface area contributed by atoms with E-state index in [0.29, 0.717) is 6.42 Å². The van der Waals surface area contributed by atoms with E-state index in [1.54, 1.807) is 0 Å². The number of alkyl halides is 2. The number of hydrogen-bond donors (Lipinski definition) is 1. The van der Waals surface area contributed by atoms with Crippen molar-refractivity contribution in [1.29, 1.82) is 0 Å². The topological polar surface area (TPSA) is 26.0 Å². The van der Waals surface area contributed by atoms with Crippen molar-refractivity contribution >= 4 is 0 Å². The highest BCUT2D eigenvalue weighted by atomic mass is 19.3. The van der Waals surface area contributed by atoms with Crippen LogP contribution < -0.4 is 5.73 Å². The van der Waals surface area contributed by atoms with Crippen molar-refractivity contribution in [1.82, 2.24) is 0 Å². The first-order chi connectivity index (χ1) is 4.81. The molecule has 0 aromatic carbocycles. The lowest BCUT2D eigenvalue weighted by Gasteiger charge is -2.38. The van der Waals surface area contributed by atoms with Crippen LogP contribution in [-0.4, -0.2) is 12.0 Å². The van der Waals surface area contributed by atoms with Crippen LogP contribution in [-0.2, 0) is 0 Å². The van der Waals surface area contributed by atoms with Gasteiger partial charge in [-0.25, -0.2) is 8.78 Å². The second-order valence-corrected chi connectivity index (χ2v) is 4.37. The van der Waals surface area contributed by atoms with Crippen LogP contribution in [0, 0.1) is 5.41 Å². The second-order valence-electron chi connectivity index (χ2n) is 4.37. The Labute approximate surface area is 66.0 Å². The molecule has 3 heteroatoms. The van der Waals surface area contributed by atoms with Gasteiger partial charge in [0.2, 0.25) is 5.92 Å². The minimum atomic E-state index is -2.54. The lowest BCUT2D eigenvalue weighted by atomic mass is 9.73.